The van der Waals surface area contributed by atoms with Gasteiger partial charge < -0.3 is 26.2 Å². The monoisotopic (exact) mass is 309 g/mol. The summed E-state index contributed by atoms with van der Waals surface area (Å²) in [5, 5.41) is 13.6. The topological polar surface area (TPSA) is 114 Å². The van der Waals surface area contributed by atoms with Gasteiger partial charge in [0, 0.05) is 13.1 Å². The number of unbranched alkanes of at least 4 members (excludes halogenated alkanes) is 1. The molecule has 0 fully saturated rings. The van der Waals surface area contributed by atoms with Crippen LogP contribution in [0.15, 0.2) is 24.3 Å². The first-order valence-corrected chi connectivity index (χ1v) is 7.25. The molecule has 0 aliphatic carbocycles. The van der Waals surface area contributed by atoms with E-state index in [0.29, 0.717) is 19.7 Å². The van der Waals surface area contributed by atoms with Gasteiger partial charge >= 0.3 is 6.09 Å². The number of carboxylic acid groups (broad SMARTS) is 1. The second-order valence-electron chi connectivity index (χ2n) is 4.82. The Hall–Kier alpha value is -2.28. The molecule has 1 aromatic rings. The third-order valence-corrected chi connectivity index (χ3v) is 2.94. The van der Waals surface area contributed by atoms with Gasteiger partial charge in [-0.05, 0) is 37.0 Å². The van der Waals surface area contributed by atoms with Crippen LogP contribution in [0.25, 0.3) is 0 Å². The maximum absolute atomic E-state index is 10.5. The minimum Gasteiger partial charge on any atom is -0.492 e. The number of benzene rings is 1. The second kappa shape index (κ2) is 10.4. The van der Waals surface area contributed by atoms with E-state index in [2.05, 4.69) is 10.6 Å². The van der Waals surface area contributed by atoms with Gasteiger partial charge in [-0.3, -0.25) is 4.79 Å². The van der Waals surface area contributed by atoms with E-state index in [4.69, 9.17) is 15.6 Å². The van der Waals surface area contributed by atoms with Gasteiger partial charge in [-0.2, -0.15) is 0 Å². The average Bonchev–Trinajstić information content (AvgIpc) is 2.47. The Morgan fingerprint density at radius 3 is 2.50 bits per heavy atom. The fraction of sp³-hybridized carbons (Fsp3) is 0.467. The first-order valence-electron chi connectivity index (χ1n) is 7.25. The average molecular weight is 309 g/mol. The number of primary amides is 1. The van der Waals surface area contributed by atoms with Gasteiger partial charge in [-0.25, -0.2) is 4.79 Å². The first kappa shape index (κ1) is 17.8. The number of amides is 2. The fourth-order valence-corrected chi connectivity index (χ4v) is 1.85. The summed E-state index contributed by atoms with van der Waals surface area (Å²) in [6, 6.07) is 7.80. The molecule has 1 aromatic carbocycles. The van der Waals surface area contributed by atoms with E-state index in [1.165, 1.54) is 5.56 Å². The minimum atomic E-state index is -0.980. The van der Waals surface area contributed by atoms with Gasteiger partial charge in [0.2, 0.25) is 5.91 Å². The number of ether oxygens (including phenoxy) is 1. The molecule has 0 saturated carbocycles. The third kappa shape index (κ3) is 8.80. The molecule has 22 heavy (non-hydrogen) atoms. The minimum absolute atomic E-state index is 0.152. The van der Waals surface area contributed by atoms with Crippen LogP contribution >= 0.6 is 0 Å². The lowest BCUT2D eigenvalue weighted by Gasteiger charge is -2.08. The molecular formula is C15H23N3O4. The fourth-order valence-electron chi connectivity index (χ4n) is 1.85. The molecule has 0 radical (unpaired) electrons. The Morgan fingerprint density at radius 1 is 1.14 bits per heavy atom. The van der Waals surface area contributed by atoms with E-state index < -0.39 is 6.09 Å². The molecule has 0 heterocycles. The molecule has 0 aliphatic heterocycles. The molecule has 7 nitrogen and oxygen atoms in total. The normalized spacial score (nSPS) is 10.2. The summed E-state index contributed by atoms with van der Waals surface area (Å²) in [6.07, 6.45) is 1.67. The maximum atomic E-state index is 10.5. The van der Waals surface area contributed by atoms with E-state index in [9.17, 15) is 9.59 Å². The quantitative estimate of drug-likeness (QED) is 0.450. The van der Waals surface area contributed by atoms with Crippen LogP contribution in [0.1, 0.15) is 18.4 Å². The highest BCUT2D eigenvalue weighted by Gasteiger charge is 1.98. The summed E-state index contributed by atoms with van der Waals surface area (Å²) in [5.41, 5.74) is 6.19. The van der Waals surface area contributed by atoms with Crippen LogP contribution in [0.2, 0.25) is 0 Å². The summed E-state index contributed by atoms with van der Waals surface area (Å²) in [5.74, 6) is 0.389. The molecule has 0 spiro atoms. The summed E-state index contributed by atoms with van der Waals surface area (Å²) in [7, 11) is 0. The highest BCUT2D eigenvalue weighted by atomic mass is 16.5. The van der Waals surface area contributed by atoms with Crippen molar-refractivity contribution in [2.75, 3.05) is 26.2 Å². The van der Waals surface area contributed by atoms with Gasteiger partial charge in [0.15, 0.2) is 0 Å². The zero-order valence-corrected chi connectivity index (χ0v) is 12.5. The molecule has 5 N–H and O–H groups in total. The van der Waals surface area contributed by atoms with Crippen molar-refractivity contribution >= 4 is 12.0 Å². The number of nitrogens with one attached hydrogen (secondary N) is 2. The summed E-state index contributed by atoms with van der Waals surface area (Å²) >= 11 is 0. The van der Waals surface area contributed by atoms with Gasteiger partial charge in [0.1, 0.15) is 12.4 Å². The zero-order valence-electron chi connectivity index (χ0n) is 12.5. The Bertz CT molecular complexity index is 419. The number of hydrogen-bond acceptors (Lipinski definition) is 4. The van der Waals surface area contributed by atoms with Crippen LogP contribution in [0, 0.1) is 0 Å². The van der Waals surface area contributed by atoms with Crippen molar-refractivity contribution in [2.24, 2.45) is 5.73 Å². The molecule has 0 aliphatic rings. The molecule has 122 valence electrons. The Labute approximate surface area is 129 Å². The number of carbonyl (C=O) groups is 2. The number of hydrogen-bond donors (Lipinski definition) is 4. The van der Waals surface area contributed by atoms with Crippen molar-refractivity contribution in [1.29, 1.82) is 0 Å². The number of rotatable bonds is 11. The van der Waals surface area contributed by atoms with E-state index >= 15 is 0 Å². The van der Waals surface area contributed by atoms with E-state index in [1.807, 2.05) is 24.3 Å². The standard InChI is InChI=1S/C15H23N3O4/c16-14(19)11-17-9-10-22-13-6-4-12(5-7-13)3-1-2-8-18-15(20)21/h4-7,17-18H,1-3,8-11H2,(H2,16,19)(H,20,21). The van der Waals surface area contributed by atoms with Crippen molar-refractivity contribution in [1.82, 2.24) is 10.6 Å². The highest BCUT2D eigenvalue weighted by molar-refractivity contribution is 5.75. The Kier molecular flexibility index (Phi) is 8.44. The van der Waals surface area contributed by atoms with Crippen molar-refractivity contribution in [3.05, 3.63) is 29.8 Å². The number of aryl methyl sites for hydroxylation is 1. The van der Waals surface area contributed by atoms with Gasteiger partial charge in [0.05, 0.1) is 6.54 Å². The summed E-state index contributed by atoms with van der Waals surface area (Å²) in [6.45, 7) is 1.66. The lowest BCUT2D eigenvalue weighted by molar-refractivity contribution is -0.117. The molecule has 1 rings (SSSR count). The number of carbonyl (C=O) groups excluding carboxylic acids is 1. The predicted molar refractivity (Wildman–Crippen MR) is 83.0 cm³/mol. The number of nitrogens with two attached hydrogens (primary N) is 1. The van der Waals surface area contributed by atoms with Crippen LogP contribution in [0.4, 0.5) is 4.79 Å². The zero-order chi connectivity index (χ0) is 16.2. The molecule has 0 bridgehead atoms. The van der Waals surface area contributed by atoms with E-state index in [0.717, 1.165) is 25.0 Å². The van der Waals surface area contributed by atoms with Crippen molar-refractivity contribution in [3.8, 4) is 5.75 Å². The maximum Gasteiger partial charge on any atom is 0.404 e. The van der Waals surface area contributed by atoms with Gasteiger partial charge in [-0.1, -0.05) is 12.1 Å². The van der Waals surface area contributed by atoms with Crippen LogP contribution in [-0.2, 0) is 11.2 Å². The smallest absolute Gasteiger partial charge is 0.404 e. The first-order chi connectivity index (χ1) is 10.6. The van der Waals surface area contributed by atoms with Crippen LogP contribution < -0.4 is 21.1 Å². The van der Waals surface area contributed by atoms with Crippen LogP contribution in [0.5, 0.6) is 5.75 Å². The largest absolute Gasteiger partial charge is 0.492 e. The van der Waals surface area contributed by atoms with Crippen molar-refractivity contribution < 1.29 is 19.4 Å². The Morgan fingerprint density at radius 2 is 1.86 bits per heavy atom. The molecular weight excluding hydrogens is 286 g/mol. The summed E-state index contributed by atoms with van der Waals surface area (Å²) < 4.78 is 5.52. The molecule has 0 unspecified atom stereocenters. The lowest BCUT2D eigenvalue weighted by Crippen LogP contribution is -2.31. The van der Waals surface area contributed by atoms with E-state index in [1.54, 1.807) is 0 Å². The molecule has 0 atom stereocenters. The third-order valence-electron chi connectivity index (χ3n) is 2.94. The van der Waals surface area contributed by atoms with Crippen molar-refractivity contribution in [3.63, 3.8) is 0 Å². The Balaban J connectivity index is 2.14. The molecule has 2 amide bonds. The van der Waals surface area contributed by atoms with Gasteiger partial charge in [-0.15, -0.1) is 0 Å². The van der Waals surface area contributed by atoms with Crippen LogP contribution in [-0.4, -0.2) is 43.3 Å². The van der Waals surface area contributed by atoms with Gasteiger partial charge in [0.25, 0.3) is 0 Å². The molecule has 7 heteroatoms. The van der Waals surface area contributed by atoms with Crippen LogP contribution in [0.3, 0.4) is 0 Å². The molecule has 0 saturated heterocycles. The second-order valence-corrected chi connectivity index (χ2v) is 4.82. The highest BCUT2D eigenvalue weighted by Crippen LogP contribution is 2.13. The molecule has 0 aromatic heterocycles. The lowest BCUT2D eigenvalue weighted by atomic mass is 10.1. The predicted octanol–water partition coefficient (Wildman–Crippen LogP) is 0.731. The SMILES string of the molecule is NC(=O)CNCCOc1ccc(CCCCNC(=O)O)cc1. The summed E-state index contributed by atoms with van der Waals surface area (Å²) in [4.78, 5) is 20.8. The van der Waals surface area contributed by atoms with E-state index in [-0.39, 0.29) is 12.5 Å². The van der Waals surface area contributed by atoms with Crippen molar-refractivity contribution in [2.45, 2.75) is 19.3 Å².